The maximum Gasteiger partial charge on any atom is 0.271 e. The number of amides is 1. The van der Waals surface area contributed by atoms with Crippen molar-refractivity contribution in [3.05, 3.63) is 89.4 Å². The molecule has 0 saturated carbocycles. The van der Waals surface area contributed by atoms with Crippen molar-refractivity contribution >= 4 is 11.7 Å². The molecule has 0 atom stereocenters. The quantitative estimate of drug-likeness (QED) is 0.744. The number of nitrogens with zero attached hydrogens (tertiary/aromatic N) is 3. The lowest BCUT2D eigenvalue weighted by Gasteiger charge is -2.17. The molecule has 26 heavy (non-hydrogen) atoms. The van der Waals surface area contributed by atoms with Crippen LogP contribution in [0.4, 0.5) is 5.82 Å². The number of rotatable bonds is 6. The van der Waals surface area contributed by atoms with Crippen LogP contribution < -0.4 is 10.2 Å². The van der Waals surface area contributed by atoms with E-state index in [1.807, 2.05) is 61.3 Å². The number of aryl methyl sites for hydroxylation is 1. The molecule has 0 aliphatic rings. The molecule has 0 aliphatic heterocycles. The minimum absolute atomic E-state index is 0.226. The average Bonchev–Trinajstić information content (AvgIpc) is 2.67. The first-order valence-corrected chi connectivity index (χ1v) is 8.52. The molecule has 1 amide bonds. The Morgan fingerprint density at radius 2 is 1.77 bits per heavy atom. The molecule has 0 radical (unpaired) electrons. The summed E-state index contributed by atoms with van der Waals surface area (Å²) in [5, 5.41) is 2.88. The van der Waals surface area contributed by atoms with Gasteiger partial charge in [0.15, 0.2) is 0 Å². The van der Waals surface area contributed by atoms with Crippen molar-refractivity contribution in [2.75, 3.05) is 11.9 Å². The summed E-state index contributed by atoms with van der Waals surface area (Å²) in [6, 6.07) is 18.2. The molecular formula is C21H22N4O. The number of carbonyl (C=O) groups excluding carboxylic acids is 1. The zero-order valence-corrected chi connectivity index (χ0v) is 15.0. The molecule has 1 heterocycles. The van der Waals surface area contributed by atoms with Crippen LogP contribution in [0.2, 0.25) is 0 Å². The molecule has 1 N–H and O–H groups in total. The van der Waals surface area contributed by atoms with Gasteiger partial charge in [-0.1, -0.05) is 60.2 Å². The van der Waals surface area contributed by atoms with Crippen molar-refractivity contribution in [3.8, 4) is 0 Å². The molecule has 0 spiro atoms. The van der Waals surface area contributed by atoms with E-state index in [4.69, 9.17) is 0 Å². The molecule has 0 bridgehead atoms. The summed E-state index contributed by atoms with van der Waals surface area (Å²) in [5.74, 6) is 0.500. The third-order valence-electron chi connectivity index (χ3n) is 4.06. The van der Waals surface area contributed by atoms with Gasteiger partial charge < -0.3 is 10.2 Å². The van der Waals surface area contributed by atoms with E-state index in [9.17, 15) is 4.79 Å². The van der Waals surface area contributed by atoms with Crippen molar-refractivity contribution in [2.45, 2.75) is 20.0 Å². The number of anilines is 1. The van der Waals surface area contributed by atoms with Gasteiger partial charge in [0.1, 0.15) is 11.5 Å². The summed E-state index contributed by atoms with van der Waals surface area (Å²) < 4.78 is 0. The first-order chi connectivity index (χ1) is 12.6. The predicted octanol–water partition coefficient (Wildman–Crippen LogP) is 3.35. The van der Waals surface area contributed by atoms with Gasteiger partial charge in [-0.15, -0.1) is 0 Å². The number of benzene rings is 2. The maximum atomic E-state index is 12.2. The highest BCUT2D eigenvalue weighted by Crippen LogP contribution is 2.11. The van der Waals surface area contributed by atoms with Crippen molar-refractivity contribution < 1.29 is 4.79 Å². The van der Waals surface area contributed by atoms with Crippen LogP contribution in [0, 0.1) is 6.92 Å². The normalized spacial score (nSPS) is 10.4. The lowest BCUT2D eigenvalue weighted by molar-refractivity contribution is 0.0945. The second-order valence-electron chi connectivity index (χ2n) is 6.27. The summed E-state index contributed by atoms with van der Waals surface area (Å²) in [5.41, 5.74) is 3.74. The summed E-state index contributed by atoms with van der Waals surface area (Å²) >= 11 is 0. The lowest BCUT2D eigenvalue weighted by atomic mass is 10.1. The fourth-order valence-electron chi connectivity index (χ4n) is 2.67. The largest absolute Gasteiger partial charge is 0.354 e. The zero-order valence-electron chi connectivity index (χ0n) is 15.0. The fraction of sp³-hybridized carbons (Fsp3) is 0.190. The molecule has 3 rings (SSSR count). The van der Waals surface area contributed by atoms with Crippen LogP contribution in [-0.4, -0.2) is 22.9 Å². The molecule has 2 aromatic carbocycles. The highest BCUT2D eigenvalue weighted by atomic mass is 16.1. The first kappa shape index (κ1) is 17.6. The van der Waals surface area contributed by atoms with Crippen LogP contribution in [0.3, 0.4) is 0 Å². The van der Waals surface area contributed by atoms with E-state index in [1.54, 1.807) is 6.20 Å². The maximum absolute atomic E-state index is 12.2. The number of aromatic nitrogens is 2. The van der Waals surface area contributed by atoms with Crippen molar-refractivity contribution in [1.29, 1.82) is 0 Å². The third-order valence-corrected chi connectivity index (χ3v) is 4.06. The van der Waals surface area contributed by atoms with Crippen molar-refractivity contribution in [1.82, 2.24) is 15.3 Å². The smallest absolute Gasteiger partial charge is 0.271 e. The summed E-state index contributed by atoms with van der Waals surface area (Å²) in [6.45, 7) is 3.23. The van der Waals surface area contributed by atoms with E-state index >= 15 is 0 Å². The standard InChI is InChI=1S/C21H22N4O/c1-16-7-6-10-18(11-16)12-24-21(26)19-13-23-20(14-22-19)25(2)15-17-8-4-3-5-9-17/h3-11,13-14H,12,15H2,1-2H3,(H,24,26). The second kappa shape index (κ2) is 8.25. The lowest BCUT2D eigenvalue weighted by Crippen LogP contribution is -2.24. The molecule has 0 saturated heterocycles. The monoisotopic (exact) mass is 346 g/mol. The first-order valence-electron chi connectivity index (χ1n) is 8.52. The van der Waals surface area contributed by atoms with Crippen LogP contribution in [-0.2, 0) is 13.1 Å². The summed E-state index contributed by atoms with van der Waals surface area (Å²) in [6.07, 6.45) is 3.15. The minimum Gasteiger partial charge on any atom is -0.354 e. The minimum atomic E-state index is -0.226. The molecule has 3 aromatic rings. The van der Waals surface area contributed by atoms with Gasteiger partial charge in [0.25, 0.3) is 5.91 Å². The van der Waals surface area contributed by atoms with Crippen molar-refractivity contribution in [3.63, 3.8) is 0 Å². The molecular weight excluding hydrogens is 324 g/mol. The van der Waals surface area contributed by atoms with Crippen molar-refractivity contribution in [2.24, 2.45) is 0 Å². The van der Waals surface area contributed by atoms with Crippen LogP contribution in [0.25, 0.3) is 0 Å². The van der Waals surface area contributed by atoms with E-state index in [0.29, 0.717) is 12.2 Å². The third kappa shape index (κ3) is 4.66. The van der Waals surface area contributed by atoms with Gasteiger partial charge in [0, 0.05) is 20.1 Å². The Bertz CT molecular complexity index is 863. The Kier molecular flexibility index (Phi) is 5.59. The number of hydrogen-bond donors (Lipinski definition) is 1. The van der Waals surface area contributed by atoms with Gasteiger partial charge in [0.2, 0.25) is 0 Å². The second-order valence-corrected chi connectivity index (χ2v) is 6.27. The van der Waals surface area contributed by atoms with Gasteiger partial charge in [-0.25, -0.2) is 9.97 Å². The van der Waals surface area contributed by atoms with E-state index < -0.39 is 0 Å². The Balaban J connectivity index is 1.58. The summed E-state index contributed by atoms with van der Waals surface area (Å²) in [7, 11) is 1.95. The van der Waals surface area contributed by atoms with Gasteiger partial charge in [-0.3, -0.25) is 4.79 Å². The van der Waals surface area contributed by atoms with Crippen LogP contribution in [0.5, 0.6) is 0 Å². The number of hydrogen-bond acceptors (Lipinski definition) is 4. The van der Waals surface area contributed by atoms with Gasteiger partial charge in [0.05, 0.1) is 12.4 Å². The van der Waals surface area contributed by atoms with Crippen LogP contribution >= 0.6 is 0 Å². The Morgan fingerprint density at radius 3 is 2.46 bits per heavy atom. The van der Waals surface area contributed by atoms with Crippen LogP contribution in [0.15, 0.2) is 67.0 Å². The van der Waals surface area contributed by atoms with E-state index in [-0.39, 0.29) is 5.91 Å². The zero-order chi connectivity index (χ0) is 18.4. The fourth-order valence-corrected chi connectivity index (χ4v) is 2.67. The molecule has 0 fully saturated rings. The van der Waals surface area contributed by atoms with Gasteiger partial charge in [-0.2, -0.15) is 0 Å². The Hall–Kier alpha value is -3.21. The van der Waals surface area contributed by atoms with E-state index in [1.165, 1.54) is 17.3 Å². The molecule has 1 aromatic heterocycles. The van der Waals surface area contributed by atoms with Gasteiger partial charge >= 0.3 is 0 Å². The average molecular weight is 346 g/mol. The number of nitrogens with one attached hydrogen (secondary N) is 1. The van der Waals surface area contributed by atoms with Gasteiger partial charge in [-0.05, 0) is 18.1 Å². The SMILES string of the molecule is Cc1cccc(CNC(=O)c2cnc(N(C)Cc3ccccc3)cn2)c1. The Labute approximate surface area is 153 Å². The molecule has 0 aliphatic carbocycles. The molecule has 0 unspecified atom stereocenters. The molecule has 5 heteroatoms. The highest BCUT2D eigenvalue weighted by Gasteiger charge is 2.10. The van der Waals surface area contributed by atoms with E-state index in [0.717, 1.165) is 17.9 Å². The Morgan fingerprint density at radius 1 is 1.00 bits per heavy atom. The number of carbonyl (C=O) groups is 1. The topological polar surface area (TPSA) is 58.1 Å². The molecule has 5 nitrogen and oxygen atoms in total. The van der Waals surface area contributed by atoms with E-state index in [2.05, 4.69) is 27.4 Å². The highest BCUT2D eigenvalue weighted by molar-refractivity contribution is 5.91. The van der Waals surface area contributed by atoms with Crippen LogP contribution in [0.1, 0.15) is 27.2 Å². The predicted molar refractivity (Wildman–Crippen MR) is 103 cm³/mol. The molecule has 132 valence electrons. The summed E-state index contributed by atoms with van der Waals surface area (Å²) in [4.78, 5) is 22.9.